The first kappa shape index (κ1) is 20.3. The standard InChI is InChI=1S/C23H18ClNO4S/c1-3-14-7-9-18-21(11-14)25(2)20-10-8-16(13-19(20)22(18)23(26)27)15-5-4-6-17(12-15)30(24,28)29/h4-13H,3H2,1-2H3/p+1. The molecule has 0 atom stereocenters. The summed E-state index contributed by atoms with van der Waals surface area (Å²) < 4.78 is 25.4. The van der Waals surface area contributed by atoms with E-state index in [1.165, 1.54) is 12.1 Å². The van der Waals surface area contributed by atoms with Crippen LogP contribution < -0.4 is 4.57 Å². The second-order valence-electron chi connectivity index (χ2n) is 7.14. The van der Waals surface area contributed by atoms with E-state index in [0.29, 0.717) is 21.9 Å². The van der Waals surface area contributed by atoms with Gasteiger partial charge in [0, 0.05) is 22.8 Å². The highest BCUT2D eigenvalue weighted by Crippen LogP contribution is 2.31. The SMILES string of the molecule is CCc1ccc2c(C(=O)O)c3cc(-c4cccc(S(=O)(=O)Cl)c4)ccc3[n+](C)c2c1. The maximum absolute atomic E-state index is 12.2. The van der Waals surface area contributed by atoms with Gasteiger partial charge < -0.3 is 5.11 Å². The van der Waals surface area contributed by atoms with Gasteiger partial charge in [-0.25, -0.2) is 13.2 Å². The Morgan fingerprint density at radius 1 is 0.967 bits per heavy atom. The molecule has 0 bridgehead atoms. The molecule has 4 rings (SSSR count). The highest BCUT2D eigenvalue weighted by Gasteiger charge is 2.23. The molecule has 1 aromatic heterocycles. The molecule has 7 heteroatoms. The minimum atomic E-state index is -3.87. The number of carboxylic acid groups (broad SMARTS) is 1. The summed E-state index contributed by atoms with van der Waals surface area (Å²) in [6.07, 6.45) is 0.856. The maximum atomic E-state index is 12.2. The lowest BCUT2D eigenvalue weighted by atomic mass is 9.96. The molecular weight excluding hydrogens is 422 g/mol. The van der Waals surface area contributed by atoms with E-state index < -0.39 is 15.0 Å². The van der Waals surface area contributed by atoms with Gasteiger partial charge in [0.1, 0.15) is 7.05 Å². The molecule has 0 aliphatic carbocycles. The van der Waals surface area contributed by atoms with E-state index >= 15 is 0 Å². The first-order valence-corrected chi connectivity index (χ1v) is 11.7. The minimum absolute atomic E-state index is 0.00335. The summed E-state index contributed by atoms with van der Waals surface area (Å²) in [7, 11) is 3.53. The normalized spacial score (nSPS) is 11.8. The van der Waals surface area contributed by atoms with Gasteiger partial charge in [0.2, 0.25) is 11.0 Å². The lowest BCUT2D eigenvalue weighted by molar-refractivity contribution is -0.617. The minimum Gasteiger partial charge on any atom is -0.478 e. The smallest absolute Gasteiger partial charge is 0.337 e. The average molecular weight is 441 g/mol. The molecule has 0 saturated carbocycles. The van der Waals surface area contributed by atoms with Gasteiger partial charge in [-0.15, -0.1) is 0 Å². The van der Waals surface area contributed by atoms with Crippen LogP contribution in [0.1, 0.15) is 22.8 Å². The molecule has 5 nitrogen and oxygen atoms in total. The first-order chi connectivity index (χ1) is 14.2. The number of carboxylic acids is 1. The van der Waals surface area contributed by atoms with E-state index in [4.69, 9.17) is 10.7 Å². The third-order valence-corrected chi connectivity index (χ3v) is 6.74. The molecule has 3 aromatic carbocycles. The fourth-order valence-electron chi connectivity index (χ4n) is 3.83. The Morgan fingerprint density at radius 3 is 2.37 bits per heavy atom. The van der Waals surface area contributed by atoms with Crippen LogP contribution in [-0.4, -0.2) is 19.5 Å². The molecule has 0 unspecified atom stereocenters. The van der Waals surface area contributed by atoms with E-state index in [1.54, 1.807) is 18.2 Å². The zero-order chi connectivity index (χ0) is 21.6. The summed E-state index contributed by atoms with van der Waals surface area (Å²) in [5.74, 6) is -1.01. The van der Waals surface area contributed by atoms with E-state index in [9.17, 15) is 18.3 Å². The van der Waals surface area contributed by atoms with Crippen molar-refractivity contribution in [2.75, 3.05) is 0 Å². The summed E-state index contributed by atoms with van der Waals surface area (Å²) in [6, 6.07) is 17.6. The Labute approximate surface area is 178 Å². The molecule has 0 spiro atoms. The number of fused-ring (bicyclic) bond motifs is 2. The zero-order valence-electron chi connectivity index (χ0n) is 16.4. The number of carbonyl (C=O) groups is 1. The van der Waals surface area contributed by atoms with Crippen LogP contribution in [-0.2, 0) is 22.5 Å². The van der Waals surface area contributed by atoms with Crippen molar-refractivity contribution in [3.05, 3.63) is 71.8 Å². The molecule has 1 heterocycles. The number of hydrogen-bond donors (Lipinski definition) is 1. The van der Waals surface area contributed by atoms with Gasteiger partial charge in [-0.05, 0) is 53.4 Å². The van der Waals surface area contributed by atoms with Gasteiger partial charge in [-0.1, -0.05) is 25.1 Å². The van der Waals surface area contributed by atoms with Crippen molar-refractivity contribution in [2.24, 2.45) is 7.05 Å². The topological polar surface area (TPSA) is 75.3 Å². The molecule has 0 aliphatic rings. The van der Waals surface area contributed by atoms with Crippen LogP contribution in [0.2, 0.25) is 0 Å². The molecule has 4 aromatic rings. The number of halogens is 1. The fraction of sp³-hybridized carbons (Fsp3) is 0.130. The van der Waals surface area contributed by atoms with Crippen molar-refractivity contribution in [1.82, 2.24) is 0 Å². The Morgan fingerprint density at radius 2 is 1.70 bits per heavy atom. The van der Waals surface area contributed by atoms with Crippen molar-refractivity contribution in [1.29, 1.82) is 0 Å². The summed E-state index contributed by atoms with van der Waals surface area (Å²) in [5, 5.41) is 11.2. The second kappa shape index (κ2) is 7.38. The van der Waals surface area contributed by atoms with Crippen molar-refractivity contribution in [3.63, 3.8) is 0 Å². The second-order valence-corrected chi connectivity index (χ2v) is 9.71. The molecule has 0 radical (unpaired) electrons. The van der Waals surface area contributed by atoms with Crippen molar-refractivity contribution < 1.29 is 22.9 Å². The number of aryl methyl sites for hydroxylation is 2. The van der Waals surface area contributed by atoms with Gasteiger partial charge in [-0.2, -0.15) is 4.57 Å². The van der Waals surface area contributed by atoms with Crippen LogP contribution in [0.15, 0.2) is 65.6 Å². The number of hydrogen-bond acceptors (Lipinski definition) is 3. The van der Waals surface area contributed by atoms with Crippen molar-refractivity contribution in [2.45, 2.75) is 18.2 Å². The Bertz CT molecular complexity index is 1450. The predicted octanol–water partition coefficient (Wildman–Crippen LogP) is 4.67. The zero-order valence-corrected chi connectivity index (χ0v) is 18.0. The summed E-state index contributed by atoms with van der Waals surface area (Å²) in [6.45, 7) is 2.06. The quantitative estimate of drug-likeness (QED) is 0.284. The molecule has 1 N–H and O–H groups in total. The third-order valence-electron chi connectivity index (χ3n) is 5.39. The highest BCUT2D eigenvalue weighted by atomic mass is 35.7. The summed E-state index contributed by atoms with van der Waals surface area (Å²) in [5.41, 5.74) is 4.32. The van der Waals surface area contributed by atoms with E-state index in [-0.39, 0.29) is 10.5 Å². The van der Waals surface area contributed by atoms with Crippen LogP contribution in [0.5, 0.6) is 0 Å². The van der Waals surface area contributed by atoms with Gasteiger partial charge in [0.15, 0.2) is 0 Å². The van der Waals surface area contributed by atoms with Crippen molar-refractivity contribution in [3.8, 4) is 11.1 Å². The van der Waals surface area contributed by atoms with Gasteiger partial charge >= 0.3 is 5.97 Å². The molecule has 152 valence electrons. The fourth-order valence-corrected chi connectivity index (χ4v) is 4.62. The lowest BCUT2D eigenvalue weighted by Gasteiger charge is -2.10. The molecule has 0 saturated heterocycles. The summed E-state index contributed by atoms with van der Waals surface area (Å²) in [4.78, 5) is 12.2. The van der Waals surface area contributed by atoms with Gasteiger partial charge in [0.05, 0.1) is 21.2 Å². The van der Waals surface area contributed by atoms with Crippen LogP contribution >= 0.6 is 10.7 Å². The molecular formula is C23H19ClNO4S+. The third kappa shape index (κ3) is 3.42. The van der Waals surface area contributed by atoms with E-state index in [1.807, 2.05) is 41.9 Å². The van der Waals surface area contributed by atoms with Gasteiger partial charge in [0.25, 0.3) is 9.05 Å². The van der Waals surface area contributed by atoms with Crippen LogP contribution in [0.3, 0.4) is 0 Å². The average Bonchev–Trinajstić information content (AvgIpc) is 2.72. The van der Waals surface area contributed by atoms with Crippen LogP contribution in [0, 0.1) is 0 Å². The Hall–Kier alpha value is -2.96. The molecule has 0 aliphatic heterocycles. The molecule has 0 fully saturated rings. The van der Waals surface area contributed by atoms with Crippen molar-refractivity contribution >= 4 is 47.5 Å². The van der Waals surface area contributed by atoms with E-state index in [2.05, 4.69) is 6.92 Å². The largest absolute Gasteiger partial charge is 0.478 e. The van der Waals surface area contributed by atoms with E-state index in [0.717, 1.165) is 23.0 Å². The number of rotatable bonds is 4. The maximum Gasteiger partial charge on any atom is 0.337 e. The molecule has 0 amide bonds. The monoisotopic (exact) mass is 440 g/mol. The molecule has 30 heavy (non-hydrogen) atoms. The number of nitrogens with zero attached hydrogens (tertiary/aromatic N) is 1. The number of benzene rings is 3. The summed E-state index contributed by atoms with van der Waals surface area (Å²) >= 11 is 0. The Balaban J connectivity index is 2.05. The number of aromatic nitrogens is 1. The number of aromatic carboxylic acids is 1. The Kier molecular flexibility index (Phi) is 5.00. The lowest BCUT2D eigenvalue weighted by Crippen LogP contribution is -2.31. The number of pyridine rings is 1. The van der Waals surface area contributed by atoms with Crippen LogP contribution in [0.4, 0.5) is 0 Å². The predicted molar refractivity (Wildman–Crippen MR) is 117 cm³/mol. The highest BCUT2D eigenvalue weighted by molar-refractivity contribution is 8.13. The van der Waals surface area contributed by atoms with Gasteiger partial charge in [-0.3, -0.25) is 0 Å². The first-order valence-electron chi connectivity index (χ1n) is 9.37. The van der Waals surface area contributed by atoms with Crippen LogP contribution in [0.25, 0.3) is 32.9 Å².